The number of rotatable bonds is 5. The number of para-hydroxylation sites is 2. The van der Waals surface area contributed by atoms with Crippen molar-refractivity contribution in [2.24, 2.45) is 11.8 Å². The Hall–Kier alpha value is -2.57. The topological polar surface area (TPSA) is 95.7 Å². The first-order valence-electron chi connectivity index (χ1n) is 8.59. The van der Waals surface area contributed by atoms with Crippen LogP contribution in [0.4, 0.5) is 6.01 Å². The van der Waals surface area contributed by atoms with E-state index in [9.17, 15) is 9.59 Å². The normalized spacial score (nSPS) is 18.1. The standard InChI is InChI=1S/C18H23N3O4/c1-11(17(23)24)12(2)19-16(22)13-7-9-21(10-8-13)18-20-14-5-3-4-6-15(14)25-18/h3-6,11-13H,7-10H2,1-2H3,(H,19,22)(H,23,24). The molecule has 2 N–H and O–H groups in total. The lowest BCUT2D eigenvalue weighted by Crippen LogP contribution is -2.46. The van der Waals surface area contributed by atoms with Crippen molar-refractivity contribution in [2.45, 2.75) is 32.7 Å². The molecule has 0 radical (unpaired) electrons. The molecule has 25 heavy (non-hydrogen) atoms. The van der Waals surface area contributed by atoms with Gasteiger partial charge in [0.2, 0.25) is 5.91 Å². The minimum atomic E-state index is -0.904. The highest BCUT2D eigenvalue weighted by Gasteiger charge is 2.29. The number of carbonyl (C=O) groups excluding carboxylic acids is 1. The van der Waals surface area contributed by atoms with Crippen LogP contribution in [0.5, 0.6) is 0 Å². The van der Waals surface area contributed by atoms with Crippen molar-refractivity contribution in [1.29, 1.82) is 0 Å². The quantitative estimate of drug-likeness (QED) is 0.863. The van der Waals surface area contributed by atoms with Crippen LogP contribution in [0.1, 0.15) is 26.7 Å². The molecule has 0 saturated carbocycles. The average molecular weight is 345 g/mol. The molecule has 3 rings (SSSR count). The number of aliphatic carboxylic acids is 1. The van der Waals surface area contributed by atoms with Gasteiger partial charge in [0, 0.05) is 25.0 Å². The van der Waals surface area contributed by atoms with Crippen molar-refractivity contribution < 1.29 is 19.1 Å². The smallest absolute Gasteiger partial charge is 0.308 e. The van der Waals surface area contributed by atoms with Gasteiger partial charge in [0.15, 0.2) is 5.58 Å². The number of carboxylic acid groups (broad SMARTS) is 1. The lowest BCUT2D eigenvalue weighted by atomic mass is 9.95. The summed E-state index contributed by atoms with van der Waals surface area (Å²) in [7, 11) is 0. The third-order valence-corrected chi connectivity index (χ3v) is 4.93. The largest absolute Gasteiger partial charge is 0.481 e. The molecule has 1 fully saturated rings. The van der Waals surface area contributed by atoms with Crippen molar-refractivity contribution in [3.05, 3.63) is 24.3 Å². The molecule has 1 amide bonds. The lowest BCUT2D eigenvalue weighted by molar-refractivity contribution is -0.142. The van der Waals surface area contributed by atoms with Crippen LogP contribution in [-0.4, -0.2) is 41.1 Å². The van der Waals surface area contributed by atoms with Crippen molar-refractivity contribution in [3.8, 4) is 0 Å². The van der Waals surface area contributed by atoms with Crippen LogP contribution >= 0.6 is 0 Å². The molecule has 7 nitrogen and oxygen atoms in total. The van der Waals surface area contributed by atoms with E-state index in [1.807, 2.05) is 29.2 Å². The summed E-state index contributed by atoms with van der Waals surface area (Å²) in [5.74, 6) is -1.69. The van der Waals surface area contributed by atoms with E-state index in [1.165, 1.54) is 0 Å². The van der Waals surface area contributed by atoms with E-state index in [-0.39, 0.29) is 17.9 Å². The van der Waals surface area contributed by atoms with E-state index in [0.29, 0.717) is 31.9 Å². The summed E-state index contributed by atoms with van der Waals surface area (Å²) in [6.07, 6.45) is 1.39. The first-order valence-corrected chi connectivity index (χ1v) is 8.59. The van der Waals surface area contributed by atoms with E-state index in [0.717, 1.165) is 11.1 Å². The molecule has 1 aromatic carbocycles. The number of carbonyl (C=O) groups is 2. The van der Waals surface area contributed by atoms with Crippen molar-refractivity contribution >= 4 is 29.0 Å². The maximum absolute atomic E-state index is 12.4. The van der Waals surface area contributed by atoms with Crippen molar-refractivity contribution in [3.63, 3.8) is 0 Å². The number of hydrogen-bond acceptors (Lipinski definition) is 5. The second-order valence-corrected chi connectivity index (χ2v) is 6.65. The van der Waals surface area contributed by atoms with Gasteiger partial charge in [-0.25, -0.2) is 0 Å². The van der Waals surface area contributed by atoms with Crippen LogP contribution in [0.3, 0.4) is 0 Å². The molecule has 1 saturated heterocycles. The molecule has 1 aliphatic heterocycles. The number of carboxylic acids is 1. The number of fused-ring (bicyclic) bond motifs is 1. The third kappa shape index (κ3) is 3.75. The summed E-state index contributed by atoms with van der Waals surface area (Å²) in [6, 6.07) is 7.83. The zero-order valence-corrected chi connectivity index (χ0v) is 14.4. The fourth-order valence-electron chi connectivity index (χ4n) is 3.01. The highest BCUT2D eigenvalue weighted by Crippen LogP contribution is 2.26. The number of anilines is 1. The maximum Gasteiger partial charge on any atom is 0.308 e. The van der Waals surface area contributed by atoms with Crippen LogP contribution in [0.15, 0.2) is 28.7 Å². The molecule has 0 bridgehead atoms. The zero-order chi connectivity index (χ0) is 18.0. The van der Waals surface area contributed by atoms with E-state index < -0.39 is 11.9 Å². The summed E-state index contributed by atoms with van der Waals surface area (Å²) in [5.41, 5.74) is 1.59. The first kappa shape index (κ1) is 17.3. The van der Waals surface area contributed by atoms with Gasteiger partial charge in [0.1, 0.15) is 5.52 Å². The molecular formula is C18H23N3O4. The SMILES string of the molecule is CC(NC(=O)C1CCN(c2nc3ccccc3o2)CC1)C(C)C(=O)O. The minimum Gasteiger partial charge on any atom is -0.481 e. The second kappa shape index (κ2) is 7.13. The molecule has 2 atom stereocenters. The van der Waals surface area contributed by atoms with Gasteiger partial charge >= 0.3 is 5.97 Å². The number of amides is 1. The van der Waals surface area contributed by atoms with Crippen LogP contribution in [0.2, 0.25) is 0 Å². The fraction of sp³-hybridized carbons (Fsp3) is 0.500. The van der Waals surface area contributed by atoms with Gasteiger partial charge in [-0.3, -0.25) is 9.59 Å². The monoisotopic (exact) mass is 345 g/mol. The Morgan fingerprint density at radius 3 is 2.60 bits per heavy atom. The Morgan fingerprint density at radius 2 is 1.96 bits per heavy atom. The summed E-state index contributed by atoms with van der Waals surface area (Å²) >= 11 is 0. The van der Waals surface area contributed by atoms with Gasteiger partial charge < -0.3 is 19.7 Å². The van der Waals surface area contributed by atoms with E-state index in [4.69, 9.17) is 9.52 Å². The molecule has 2 aromatic rings. The first-order chi connectivity index (χ1) is 12.0. The summed E-state index contributed by atoms with van der Waals surface area (Å²) in [5, 5.41) is 11.9. The number of piperidine rings is 1. The number of oxazole rings is 1. The van der Waals surface area contributed by atoms with Gasteiger partial charge in [-0.15, -0.1) is 0 Å². The van der Waals surface area contributed by atoms with Crippen molar-refractivity contribution in [2.75, 3.05) is 18.0 Å². The van der Waals surface area contributed by atoms with Crippen LogP contribution < -0.4 is 10.2 Å². The van der Waals surface area contributed by atoms with Gasteiger partial charge in [-0.1, -0.05) is 12.1 Å². The van der Waals surface area contributed by atoms with E-state index in [2.05, 4.69) is 10.3 Å². The molecular weight excluding hydrogens is 322 g/mol. The molecule has 0 spiro atoms. The van der Waals surface area contributed by atoms with E-state index in [1.54, 1.807) is 13.8 Å². The predicted octanol–water partition coefficient (Wildman–Crippen LogP) is 2.27. The molecule has 1 aromatic heterocycles. The maximum atomic E-state index is 12.4. The van der Waals surface area contributed by atoms with Gasteiger partial charge in [-0.2, -0.15) is 4.98 Å². The van der Waals surface area contributed by atoms with Gasteiger partial charge in [-0.05, 0) is 38.8 Å². The third-order valence-electron chi connectivity index (χ3n) is 4.93. The van der Waals surface area contributed by atoms with Crippen molar-refractivity contribution in [1.82, 2.24) is 10.3 Å². The van der Waals surface area contributed by atoms with Crippen LogP contribution in [0.25, 0.3) is 11.1 Å². The number of nitrogens with one attached hydrogen (secondary N) is 1. The molecule has 7 heteroatoms. The number of nitrogens with zero attached hydrogens (tertiary/aromatic N) is 2. The van der Waals surface area contributed by atoms with Crippen LogP contribution in [-0.2, 0) is 9.59 Å². The summed E-state index contributed by atoms with van der Waals surface area (Å²) in [4.78, 5) is 29.9. The van der Waals surface area contributed by atoms with Crippen LogP contribution in [0, 0.1) is 11.8 Å². The van der Waals surface area contributed by atoms with Gasteiger partial charge in [0.05, 0.1) is 5.92 Å². The number of benzene rings is 1. The Balaban J connectivity index is 1.56. The van der Waals surface area contributed by atoms with E-state index >= 15 is 0 Å². The highest BCUT2D eigenvalue weighted by molar-refractivity contribution is 5.80. The molecule has 0 aliphatic carbocycles. The van der Waals surface area contributed by atoms with Gasteiger partial charge in [0.25, 0.3) is 6.01 Å². The zero-order valence-electron chi connectivity index (χ0n) is 14.4. The summed E-state index contributed by atoms with van der Waals surface area (Å²) < 4.78 is 5.77. The summed E-state index contributed by atoms with van der Waals surface area (Å²) in [6.45, 7) is 4.70. The molecule has 134 valence electrons. The Labute approximate surface area is 146 Å². The second-order valence-electron chi connectivity index (χ2n) is 6.65. The fourth-order valence-corrected chi connectivity index (χ4v) is 3.01. The predicted molar refractivity (Wildman–Crippen MR) is 93.4 cm³/mol. The molecule has 2 heterocycles. The Morgan fingerprint density at radius 1 is 1.28 bits per heavy atom. The Kier molecular flexibility index (Phi) is 4.92. The highest BCUT2D eigenvalue weighted by atomic mass is 16.4. The molecule has 1 aliphatic rings. The molecule has 2 unspecified atom stereocenters. The lowest BCUT2D eigenvalue weighted by Gasteiger charge is -2.31. The minimum absolute atomic E-state index is 0.0715. The Bertz CT molecular complexity index is 732. The number of aromatic nitrogens is 1. The average Bonchev–Trinajstić information content (AvgIpc) is 3.05. The number of hydrogen-bond donors (Lipinski definition) is 2.